The van der Waals surface area contributed by atoms with Gasteiger partial charge in [0.1, 0.15) is 0 Å². The first kappa shape index (κ1) is 15.8. The molecule has 0 unspecified atom stereocenters. The molecular formula is C19H21N5O. The predicted molar refractivity (Wildman–Crippen MR) is 95.4 cm³/mol. The molecule has 1 aliphatic rings. The number of hydrogen-bond donors (Lipinski definition) is 2. The summed E-state index contributed by atoms with van der Waals surface area (Å²) in [5, 5.41) is 14.6. The highest BCUT2D eigenvalue weighted by Crippen LogP contribution is 2.23. The average Bonchev–Trinajstić information content (AvgIpc) is 3.10. The fourth-order valence-electron chi connectivity index (χ4n) is 3.32. The maximum absolute atomic E-state index is 12.4. The number of rotatable bonds is 4. The molecule has 1 saturated heterocycles. The number of pyridine rings is 1. The summed E-state index contributed by atoms with van der Waals surface area (Å²) in [6, 6.07) is 13.7. The Bertz CT molecular complexity index is 865. The Kier molecular flexibility index (Phi) is 4.43. The van der Waals surface area contributed by atoms with Gasteiger partial charge in [-0.1, -0.05) is 18.2 Å². The van der Waals surface area contributed by atoms with Crippen molar-refractivity contribution in [1.82, 2.24) is 25.2 Å². The molecule has 0 saturated carbocycles. The Labute approximate surface area is 146 Å². The molecule has 1 aromatic carbocycles. The highest BCUT2D eigenvalue weighted by molar-refractivity contribution is 5.94. The number of aromatic nitrogens is 3. The lowest BCUT2D eigenvalue weighted by Crippen LogP contribution is -2.28. The molecule has 0 spiro atoms. The van der Waals surface area contributed by atoms with Crippen LogP contribution in [0.25, 0.3) is 5.65 Å². The first-order chi connectivity index (χ1) is 12.3. The highest BCUT2D eigenvalue weighted by atomic mass is 16.1. The van der Waals surface area contributed by atoms with Crippen LogP contribution in [-0.2, 0) is 6.54 Å². The minimum Gasteiger partial charge on any atom is -0.345 e. The Hall–Kier alpha value is -2.73. The summed E-state index contributed by atoms with van der Waals surface area (Å²) in [5.74, 6) is 1.17. The van der Waals surface area contributed by atoms with Crippen molar-refractivity contribution in [3.63, 3.8) is 0 Å². The quantitative estimate of drug-likeness (QED) is 0.766. The second-order valence-electron chi connectivity index (χ2n) is 6.39. The lowest BCUT2D eigenvalue weighted by molar-refractivity contribution is 0.0949. The Balaban J connectivity index is 1.40. The van der Waals surface area contributed by atoms with Gasteiger partial charge in [-0.3, -0.25) is 9.20 Å². The van der Waals surface area contributed by atoms with E-state index in [-0.39, 0.29) is 5.91 Å². The van der Waals surface area contributed by atoms with Crippen LogP contribution in [0.5, 0.6) is 0 Å². The van der Waals surface area contributed by atoms with E-state index in [0.29, 0.717) is 23.9 Å². The average molecular weight is 335 g/mol. The zero-order valence-corrected chi connectivity index (χ0v) is 14.0. The fourth-order valence-corrected chi connectivity index (χ4v) is 3.32. The van der Waals surface area contributed by atoms with Crippen LogP contribution in [0.2, 0.25) is 0 Å². The molecule has 1 amide bonds. The number of amides is 1. The topological polar surface area (TPSA) is 71.3 Å². The van der Waals surface area contributed by atoms with Crippen molar-refractivity contribution in [3.05, 3.63) is 65.6 Å². The van der Waals surface area contributed by atoms with E-state index in [1.165, 1.54) is 18.4 Å². The number of carbonyl (C=O) groups excluding carboxylic acids is 1. The number of nitrogens with one attached hydrogen (secondary N) is 2. The van der Waals surface area contributed by atoms with Gasteiger partial charge in [0.2, 0.25) is 0 Å². The van der Waals surface area contributed by atoms with E-state index in [1.807, 2.05) is 40.9 Å². The zero-order valence-electron chi connectivity index (χ0n) is 14.0. The van der Waals surface area contributed by atoms with Gasteiger partial charge in [-0.15, -0.1) is 10.2 Å². The van der Waals surface area contributed by atoms with Crippen molar-refractivity contribution in [3.8, 4) is 0 Å². The van der Waals surface area contributed by atoms with Crippen molar-refractivity contribution in [2.75, 3.05) is 13.1 Å². The smallest absolute Gasteiger partial charge is 0.251 e. The monoisotopic (exact) mass is 335 g/mol. The lowest BCUT2D eigenvalue weighted by atomic mass is 9.91. The van der Waals surface area contributed by atoms with E-state index in [0.717, 1.165) is 18.7 Å². The molecule has 6 nitrogen and oxygen atoms in total. The van der Waals surface area contributed by atoms with Crippen LogP contribution in [0.15, 0.2) is 48.7 Å². The van der Waals surface area contributed by atoms with Crippen molar-refractivity contribution in [2.24, 2.45) is 0 Å². The van der Waals surface area contributed by atoms with Gasteiger partial charge in [0, 0.05) is 18.3 Å². The third-order valence-corrected chi connectivity index (χ3v) is 4.73. The molecule has 3 heterocycles. The lowest BCUT2D eigenvalue weighted by Gasteiger charge is -2.23. The number of fused-ring (bicyclic) bond motifs is 1. The summed E-state index contributed by atoms with van der Waals surface area (Å²) in [6.07, 6.45) is 4.31. The van der Waals surface area contributed by atoms with Gasteiger partial charge in [-0.25, -0.2) is 0 Å². The molecule has 2 aromatic heterocycles. The van der Waals surface area contributed by atoms with E-state index in [9.17, 15) is 4.79 Å². The second-order valence-corrected chi connectivity index (χ2v) is 6.39. The number of piperidine rings is 1. The molecule has 2 N–H and O–H groups in total. The summed E-state index contributed by atoms with van der Waals surface area (Å²) in [5.41, 5.74) is 2.74. The Morgan fingerprint density at radius 2 is 2.08 bits per heavy atom. The SMILES string of the molecule is O=C(NCc1nnc2ccccn12)c1ccc([C@H]2CCCNC2)cc1. The third-order valence-electron chi connectivity index (χ3n) is 4.73. The normalized spacial score (nSPS) is 17.5. The van der Waals surface area contributed by atoms with Gasteiger partial charge < -0.3 is 10.6 Å². The number of benzene rings is 1. The van der Waals surface area contributed by atoms with Crippen LogP contribution >= 0.6 is 0 Å². The molecular weight excluding hydrogens is 314 g/mol. The Morgan fingerprint density at radius 1 is 1.20 bits per heavy atom. The van der Waals surface area contributed by atoms with Gasteiger partial charge in [0.05, 0.1) is 6.54 Å². The van der Waals surface area contributed by atoms with Gasteiger partial charge in [0.25, 0.3) is 5.91 Å². The number of hydrogen-bond acceptors (Lipinski definition) is 4. The molecule has 1 atom stereocenters. The van der Waals surface area contributed by atoms with Crippen LogP contribution < -0.4 is 10.6 Å². The first-order valence-electron chi connectivity index (χ1n) is 8.69. The molecule has 1 aliphatic heterocycles. The second kappa shape index (κ2) is 7.03. The van der Waals surface area contributed by atoms with Crippen LogP contribution in [0, 0.1) is 0 Å². The summed E-state index contributed by atoms with van der Waals surface area (Å²) in [7, 11) is 0. The third kappa shape index (κ3) is 3.39. The summed E-state index contributed by atoms with van der Waals surface area (Å²) in [4.78, 5) is 12.4. The van der Waals surface area contributed by atoms with Crippen molar-refractivity contribution in [2.45, 2.75) is 25.3 Å². The standard InChI is InChI=1S/C19H21N5O/c25-19(21-13-18-23-22-17-5-1-2-11-24(17)18)15-8-6-14(7-9-15)16-4-3-10-20-12-16/h1-2,5-9,11,16,20H,3-4,10,12-13H2,(H,21,25)/t16-/m0/s1. The fraction of sp³-hybridized carbons (Fsp3) is 0.316. The molecule has 0 radical (unpaired) electrons. The van der Waals surface area contributed by atoms with E-state index >= 15 is 0 Å². The van der Waals surface area contributed by atoms with Crippen molar-refractivity contribution in [1.29, 1.82) is 0 Å². The van der Waals surface area contributed by atoms with Gasteiger partial charge in [0.15, 0.2) is 11.5 Å². The molecule has 128 valence electrons. The number of carbonyl (C=O) groups is 1. The molecule has 4 rings (SSSR count). The minimum absolute atomic E-state index is 0.0963. The van der Waals surface area contributed by atoms with E-state index < -0.39 is 0 Å². The predicted octanol–water partition coefficient (Wildman–Crippen LogP) is 2.13. The van der Waals surface area contributed by atoms with Crippen LogP contribution in [-0.4, -0.2) is 33.6 Å². The maximum Gasteiger partial charge on any atom is 0.251 e. The maximum atomic E-state index is 12.4. The van der Waals surface area contributed by atoms with Crippen molar-refractivity contribution >= 4 is 11.6 Å². The first-order valence-corrected chi connectivity index (χ1v) is 8.69. The van der Waals surface area contributed by atoms with Gasteiger partial charge >= 0.3 is 0 Å². The van der Waals surface area contributed by atoms with E-state index in [4.69, 9.17) is 0 Å². The molecule has 3 aromatic rings. The molecule has 25 heavy (non-hydrogen) atoms. The Morgan fingerprint density at radius 3 is 2.88 bits per heavy atom. The van der Waals surface area contributed by atoms with Crippen LogP contribution in [0.4, 0.5) is 0 Å². The van der Waals surface area contributed by atoms with Crippen LogP contribution in [0.3, 0.4) is 0 Å². The van der Waals surface area contributed by atoms with Gasteiger partial charge in [-0.05, 0) is 55.1 Å². The van der Waals surface area contributed by atoms with Crippen LogP contribution in [0.1, 0.15) is 40.5 Å². The molecule has 1 fully saturated rings. The minimum atomic E-state index is -0.0963. The van der Waals surface area contributed by atoms with E-state index in [1.54, 1.807) is 0 Å². The molecule has 0 bridgehead atoms. The zero-order chi connectivity index (χ0) is 17.1. The summed E-state index contributed by atoms with van der Waals surface area (Å²) in [6.45, 7) is 2.47. The summed E-state index contributed by atoms with van der Waals surface area (Å²) < 4.78 is 1.87. The van der Waals surface area contributed by atoms with E-state index in [2.05, 4.69) is 33.0 Å². The summed E-state index contributed by atoms with van der Waals surface area (Å²) >= 11 is 0. The van der Waals surface area contributed by atoms with Gasteiger partial charge in [-0.2, -0.15) is 0 Å². The van der Waals surface area contributed by atoms with Crippen molar-refractivity contribution < 1.29 is 4.79 Å². The molecule has 0 aliphatic carbocycles. The highest BCUT2D eigenvalue weighted by Gasteiger charge is 2.15. The largest absolute Gasteiger partial charge is 0.345 e. The number of nitrogens with zero attached hydrogens (tertiary/aromatic N) is 3. The molecule has 6 heteroatoms.